The molecule has 0 fully saturated rings. The molecule has 0 atom stereocenters. The SMILES string of the molecule is CC(C)CN(C)N(C)C(=O)OC(C)(C)C. The molecule has 0 aliphatic rings. The first-order chi connectivity index (χ1) is 6.63. The van der Waals surface area contributed by atoms with E-state index in [9.17, 15) is 4.79 Å². The van der Waals surface area contributed by atoms with Gasteiger partial charge in [0.05, 0.1) is 0 Å². The van der Waals surface area contributed by atoms with E-state index in [0.717, 1.165) is 6.54 Å². The Balaban J connectivity index is 4.20. The lowest BCUT2D eigenvalue weighted by Gasteiger charge is -2.31. The number of rotatable bonds is 3. The van der Waals surface area contributed by atoms with Crippen LogP contribution < -0.4 is 0 Å². The summed E-state index contributed by atoms with van der Waals surface area (Å²) in [6.45, 7) is 10.6. The molecule has 0 aromatic carbocycles. The zero-order valence-electron chi connectivity index (χ0n) is 11.0. The van der Waals surface area contributed by atoms with Crippen LogP contribution in [-0.2, 0) is 4.74 Å². The lowest BCUT2D eigenvalue weighted by molar-refractivity contribution is -0.0297. The second-order valence-electron chi connectivity index (χ2n) is 5.24. The van der Waals surface area contributed by atoms with Gasteiger partial charge in [-0.15, -0.1) is 0 Å². The van der Waals surface area contributed by atoms with Gasteiger partial charge < -0.3 is 4.74 Å². The lowest BCUT2D eigenvalue weighted by atomic mass is 10.2. The van der Waals surface area contributed by atoms with Gasteiger partial charge in [-0.1, -0.05) is 13.8 Å². The van der Waals surface area contributed by atoms with Crippen LogP contribution in [0.25, 0.3) is 0 Å². The second-order valence-corrected chi connectivity index (χ2v) is 5.24. The highest BCUT2D eigenvalue weighted by Crippen LogP contribution is 2.10. The molecule has 0 radical (unpaired) electrons. The van der Waals surface area contributed by atoms with E-state index in [1.807, 2.05) is 32.8 Å². The summed E-state index contributed by atoms with van der Waals surface area (Å²) in [4.78, 5) is 11.6. The molecule has 0 saturated carbocycles. The van der Waals surface area contributed by atoms with Gasteiger partial charge in [0.1, 0.15) is 5.60 Å². The third-order valence-corrected chi connectivity index (χ3v) is 1.80. The summed E-state index contributed by atoms with van der Waals surface area (Å²) in [6.07, 6.45) is -0.314. The average molecular weight is 216 g/mol. The predicted molar refractivity (Wildman–Crippen MR) is 61.5 cm³/mol. The molecule has 0 heterocycles. The molecule has 1 amide bonds. The third kappa shape index (κ3) is 6.33. The molecule has 0 aromatic rings. The Kier molecular flexibility index (Phi) is 5.08. The quantitative estimate of drug-likeness (QED) is 0.679. The van der Waals surface area contributed by atoms with E-state index in [4.69, 9.17) is 4.74 Å². The maximum atomic E-state index is 11.6. The van der Waals surface area contributed by atoms with Gasteiger partial charge in [-0.25, -0.2) is 14.8 Å². The number of carbonyl (C=O) groups is 1. The summed E-state index contributed by atoms with van der Waals surface area (Å²) < 4.78 is 5.25. The fourth-order valence-corrected chi connectivity index (χ4v) is 1.12. The van der Waals surface area contributed by atoms with Crippen LogP contribution in [0.5, 0.6) is 0 Å². The van der Waals surface area contributed by atoms with Crippen molar-refractivity contribution in [3.8, 4) is 0 Å². The molecule has 4 heteroatoms. The van der Waals surface area contributed by atoms with Crippen molar-refractivity contribution < 1.29 is 9.53 Å². The molecule has 90 valence electrons. The normalized spacial score (nSPS) is 12.1. The van der Waals surface area contributed by atoms with Crippen LogP contribution in [-0.4, -0.2) is 42.4 Å². The van der Waals surface area contributed by atoms with E-state index in [2.05, 4.69) is 13.8 Å². The third-order valence-electron chi connectivity index (χ3n) is 1.80. The number of amides is 1. The Hall–Kier alpha value is -0.770. The Morgan fingerprint density at radius 3 is 2.07 bits per heavy atom. The zero-order valence-corrected chi connectivity index (χ0v) is 11.0. The monoisotopic (exact) mass is 216 g/mol. The minimum absolute atomic E-state index is 0.314. The first-order valence-electron chi connectivity index (χ1n) is 5.31. The maximum Gasteiger partial charge on any atom is 0.424 e. The largest absolute Gasteiger partial charge is 0.443 e. The van der Waals surface area contributed by atoms with Crippen molar-refractivity contribution in [1.29, 1.82) is 0 Å². The summed E-state index contributed by atoms with van der Waals surface area (Å²) >= 11 is 0. The number of ether oxygens (including phenoxy) is 1. The fraction of sp³-hybridized carbons (Fsp3) is 0.909. The number of carbonyl (C=O) groups excluding carboxylic acids is 1. The molecule has 0 rings (SSSR count). The van der Waals surface area contributed by atoms with Crippen molar-refractivity contribution >= 4 is 6.09 Å². The van der Waals surface area contributed by atoms with Crippen molar-refractivity contribution in [3.05, 3.63) is 0 Å². The van der Waals surface area contributed by atoms with E-state index in [-0.39, 0.29) is 6.09 Å². The van der Waals surface area contributed by atoms with Crippen LogP contribution in [0.1, 0.15) is 34.6 Å². The van der Waals surface area contributed by atoms with Gasteiger partial charge in [0.15, 0.2) is 0 Å². The van der Waals surface area contributed by atoms with E-state index in [0.29, 0.717) is 5.92 Å². The summed E-state index contributed by atoms with van der Waals surface area (Å²) in [5, 5.41) is 3.37. The van der Waals surface area contributed by atoms with Crippen molar-refractivity contribution in [2.75, 3.05) is 20.6 Å². The molecular weight excluding hydrogens is 192 g/mol. The van der Waals surface area contributed by atoms with Crippen molar-refractivity contribution in [2.24, 2.45) is 5.92 Å². The average Bonchev–Trinajstić information content (AvgIpc) is 1.98. The molecule has 0 aliphatic heterocycles. The Labute approximate surface area is 93.2 Å². The topological polar surface area (TPSA) is 32.8 Å². The number of hydrazine groups is 1. The van der Waals surface area contributed by atoms with Gasteiger partial charge in [0.25, 0.3) is 0 Å². The molecule has 0 spiro atoms. The summed E-state index contributed by atoms with van der Waals surface area (Å²) in [5.74, 6) is 0.514. The molecule has 15 heavy (non-hydrogen) atoms. The Bertz CT molecular complexity index is 209. The number of hydrogen-bond donors (Lipinski definition) is 0. The first-order valence-corrected chi connectivity index (χ1v) is 5.31. The smallest absolute Gasteiger partial charge is 0.424 e. The highest BCUT2D eigenvalue weighted by molar-refractivity contribution is 5.67. The van der Waals surface area contributed by atoms with Crippen LogP contribution in [0.4, 0.5) is 4.79 Å². The highest BCUT2D eigenvalue weighted by Gasteiger charge is 2.22. The van der Waals surface area contributed by atoms with Crippen molar-refractivity contribution in [1.82, 2.24) is 10.0 Å². The van der Waals surface area contributed by atoms with E-state index in [1.54, 1.807) is 7.05 Å². The van der Waals surface area contributed by atoms with Crippen LogP contribution in [0, 0.1) is 5.92 Å². The highest BCUT2D eigenvalue weighted by atomic mass is 16.6. The van der Waals surface area contributed by atoms with Crippen molar-refractivity contribution in [3.63, 3.8) is 0 Å². The van der Waals surface area contributed by atoms with Gasteiger partial charge in [-0.05, 0) is 26.7 Å². The minimum Gasteiger partial charge on any atom is -0.443 e. The van der Waals surface area contributed by atoms with E-state index >= 15 is 0 Å². The van der Waals surface area contributed by atoms with Crippen LogP contribution >= 0.6 is 0 Å². The Morgan fingerprint density at radius 1 is 1.27 bits per heavy atom. The molecule has 4 nitrogen and oxygen atoms in total. The molecular formula is C11H24N2O2. The summed E-state index contributed by atoms with van der Waals surface area (Å²) in [6, 6.07) is 0. The zero-order chi connectivity index (χ0) is 12.2. The molecule has 0 saturated heterocycles. The summed E-state index contributed by atoms with van der Waals surface area (Å²) in [5.41, 5.74) is -0.440. The standard InChI is InChI=1S/C11H24N2O2/c1-9(2)8-12(6)13(7)10(14)15-11(3,4)5/h9H,8H2,1-7H3. The van der Waals surface area contributed by atoms with E-state index < -0.39 is 5.60 Å². The van der Waals surface area contributed by atoms with Crippen LogP contribution in [0.2, 0.25) is 0 Å². The molecule has 0 unspecified atom stereocenters. The first kappa shape index (κ1) is 14.2. The van der Waals surface area contributed by atoms with Crippen molar-refractivity contribution in [2.45, 2.75) is 40.2 Å². The molecule has 0 N–H and O–H groups in total. The molecule has 0 aliphatic carbocycles. The van der Waals surface area contributed by atoms with Gasteiger partial charge in [-0.3, -0.25) is 0 Å². The van der Waals surface area contributed by atoms with Gasteiger partial charge >= 0.3 is 6.09 Å². The van der Waals surface area contributed by atoms with Gasteiger partial charge in [-0.2, -0.15) is 0 Å². The minimum atomic E-state index is -0.440. The molecule has 0 aromatic heterocycles. The number of hydrogen-bond acceptors (Lipinski definition) is 3. The number of nitrogens with zero attached hydrogens (tertiary/aromatic N) is 2. The predicted octanol–water partition coefficient (Wildman–Crippen LogP) is 2.36. The van der Waals surface area contributed by atoms with Crippen LogP contribution in [0.3, 0.4) is 0 Å². The fourth-order valence-electron chi connectivity index (χ4n) is 1.12. The second kappa shape index (κ2) is 5.35. The summed E-state index contributed by atoms with van der Waals surface area (Å²) in [7, 11) is 3.60. The van der Waals surface area contributed by atoms with Crippen LogP contribution in [0.15, 0.2) is 0 Å². The maximum absolute atomic E-state index is 11.6. The van der Waals surface area contributed by atoms with Gasteiger partial charge in [0, 0.05) is 20.6 Å². The van der Waals surface area contributed by atoms with Gasteiger partial charge in [0.2, 0.25) is 0 Å². The lowest BCUT2D eigenvalue weighted by Crippen LogP contribution is -2.45. The Morgan fingerprint density at radius 2 is 1.73 bits per heavy atom. The molecule has 0 bridgehead atoms. The van der Waals surface area contributed by atoms with E-state index in [1.165, 1.54) is 5.01 Å².